The van der Waals surface area contributed by atoms with Crippen LogP contribution in [0.1, 0.15) is 46.1 Å². The molecule has 1 N–H and O–H groups in total. The van der Waals surface area contributed by atoms with Crippen LogP contribution in [0.15, 0.2) is 18.5 Å². The third-order valence-electron chi connectivity index (χ3n) is 4.20. The summed E-state index contributed by atoms with van der Waals surface area (Å²) in [4.78, 5) is 30.5. The van der Waals surface area contributed by atoms with Gasteiger partial charge < -0.3 is 15.0 Å². The molecule has 0 radical (unpaired) electrons. The molecule has 2 amide bonds. The Morgan fingerprint density at radius 1 is 1.25 bits per heavy atom. The number of likely N-dealkylation sites (tertiary alicyclic amines) is 1. The topological polar surface area (TPSA) is 71.5 Å². The zero-order valence-corrected chi connectivity index (χ0v) is 15.2. The summed E-state index contributed by atoms with van der Waals surface area (Å²) in [5.41, 5.74) is 0.698. The number of piperidine rings is 1. The van der Waals surface area contributed by atoms with Crippen LogP contribution in [-0.4, -0.2) is 40.6 Å². The first-order valence-electron chi connectivity index (χ1n) is 8.30. The third-order valence-corrected chi connectivity index (χ3v) is 4.20. The second kappa shape index (κ2) is 6.79. The fraction of sp³-hybridized carbons (Fsp3) is 0.611. The average molecular weight is 333 g/mol. The van der Waals surface area contributed by atoms with Gasteiger partial charge in [-0.15, -0.1) is 0 Å². The molecule has 0 spiro atoms. The number of pyridine rings is 1. The van der Waals surface area contributed by atoms with Crippen molar-refractivity contribution in [1.29, 1.82) is 0 Å². The van der Waals surface area contributed by atoms with Gasteiger partial charge >= 0.3 is 6.09 Å². The minimum Gasteiger partial charge on any atom is -0.444 e. The fourth-order valence-electron chi connectivity index (χ4n) is 2.64. The number of amides is 2. The first-order valence-corrected chi connectivity index (χ1v) is 8.30. The van der Waals surface area contributed by atoms with Gasteiger partial charge in [0.05, 0.1) is 17.3 Å². The van der Waals surface area contributed by atoms with Gasteiger partial charge in [-0.25, -0.2) is 4.79 Å². The minimum atomic E-state index is -0.507. The summed E-state index contributed by atoms with van der Waals surface area (Å²) >= 11 is 0. The summed E-state index contributed by atoms with van der Waals surface area (Å²) in [5, 5.41) is 2.94. The number of nitrogens with one attached hydrogen (secondary N) is 1. The lowest BCUT2D eigenvalue weighted by Crippen LogP contribution is -2.48. The van der Waals surface area contributed by atoms with E-state index in [0.717, 1.165) is 5.56 Å². The van der Waals surface area contributed by atoms with E-state index < -0.39 is 11.0 Å². The number of carbonyl (C=O) groups excluding carboxylic acids is 2. The molecule has 0 atom stereocenters. The van der Waals surface area contributed by atoms with Gasteiger partial charge in [0.25, 0.3) is 0 Å². The van der Waals surface area contributed by atoms with Gasteiger partial charge in [0, 0.05) is 19.3 Å². The van der Waals surface area contributed by atoms with Crippen molar-refractivity contribution in [2.75, 3.05) is 18.4 Å². The minimum absolute atomic E-state index is 0.0289. The average Bonchev–Trinajstić information content (AvgIpc) is 2.46. The Morgan fingerprint density at radius 2 is 1.88 bits per heavy atom. The lowest BCUT2D eigenvalue weighted by Gasteiger charge is -2.38. The first kappa shape index (κ1) is 18.2. The number of nitrogens with zero attached hydrogens (tertiary/aromatic N) is 2. The molecule has 0 unspecified atom stereocenters. The van der Waals surface area contributed by atoms with Gasteiger partial charge in [0.1, 0.15) is 5.60 Å². The van der Waals surface area contributed by atoms with E-state index in [-0.39, 0.29) is 12.0 Å². The van der Waals surface area contributed by atoms with E-state index in [2.05, 4.69) is 10.3 Å². The van der Waals surface area contributed by atoms with Crippen molar-refractivity contribution in [1.82, 2.24) is 9.88 Å². The summed E-state index contributed by atoms with van der Waals surface area (Å²) in [7, 11) is 0. The van der Waals surface area contributed by atoms with Crippen LogP contribution in [-0.2, 0) is 9.53 Å². The zero-order chi connectivity index (χ0) is 18.0. The summed E-state index contributed by atoms with van der Waals surface area (Å²) < 4.78 is 5.39. The Balaban J connectivity index is 1.94. The van der Waals surface area contributed by atoms with Crippen LogP contribution in [0, 0.1) is 12.3 Å². The van der Waals surface area contributed by atoms with Crippen LogP contribution < -0.4 is 5.32 Å². The van der Waals surface area contributed by atoms with Crippen molar-refractivity contribution in [3.63, 3.8) is 0 Å². The molecule has 1 aliphatic rings. The van der Waals surface area contributed by atoms with Gasteiger partial charge in [0.15, 0.2) is 0 Å². The van der Waals surface area contributed by atoms with Gasteiger partial charge in [0.2, 0.25) is 5.91 Å². The van der Waals surface area contributed by atoms with Crippen molar-refractivity contribution in [2.24, 2.45) is 5.41 Å². The predicted molar refractivity (Wildman–Crippen MR) is 92.8 cm³/mol. The van der Waals surface area contributed by atoms with E-state index >= 15 is 0 Å². The van der Waals surface area contributed by atoms with E-state index in [0.29, 0.717) is 31.6 Å². The quantitative estimate of drug-likeness (QED) is 0.901. The highest BCUT2D eigenvalue weighted by Gasteiger charge is 2.39. The molecule has 1 saturated heterocycles. The maximum Gasteiger partial charge on any atom is 0.410 e. The molecule has 6 nitrogen and oxygen atoms in total. The predicted octanol–water partition coefficient (Wildman–Crippen LogP) is 3.37. The molecule has 6 heteroatoms. The molecule has 24 heavy (non-hydrogen) atoms. The van der Waals surface area contributed by atoms with Crippen LogP contribution >= 0.6 is 0 Å². The summed E-state index contributed by atoms with van der Waals surface area (Å²) in [6, 6.07) is 1.89. The number of anilines is 1. The van der Waals surface area contributed by atoms with Crippen LogP contribution in [0.2, 0.25) is 0 Å². The Hall–Kier alpha value is -2.11. The Morgan fingerprint density at radius 3 is 2.42 bits per heavy atom. The number of ether oxygens (including phenoxy) is 1. The van der Waals surface area contributed by atoms with Crippen molar-refractivity contribution in [3.05, 3.63) is 24.0 Å². The molecular weight excluding hydrogens is 306 g/mol. The monoisotopic (exact) mass is 333 g/mol. The molecular formula is C18H27N3O3. The normalized spacial score (nSPS) is 17.3. The number of rotatable bonds is 2. The molecule has 0 saturated carbocycles. The number of hydrogen-bond acceptors (Lipinski definition) is 4. The maximum atomic E-state index is 12.6. The lowest BCUT2D eigenvalue weighted by molar-refractivity contribution is -0.127. The van der Waals surface area contributed by atoms with Crippen molar-refractivity contribution in [3.8, 4) is 0 Å². The van der Waals surface area contributed by atoms with Crippen LogP contribution in [0.3, 0.4) is 0 Å². The van der Waals surface area contributed by atoms with Crippen molar-refractivity contribution >= 4 is 17.7 Å². The zero-order valence-electron chi connectivity index (χ0n) is 15.2. The molecule has 132 valence electrons. The van der Waals surface area contributed by atoms with Gasteiger partial charge in [-0.3, -0.25) is 9.78 Å². The van der Waals surface area contributed by atoms with E-state index in [9.17, 15) is 9.59 Å². The Kier molecular flexibility index (Phi) is 5.16. The number of aromatic nitrogens is 1. The van der Waals surface area contributed by atoms with Gasteiger partial charge in [-0.1, -0.05) is 6.92 Å². The molecule has 2 rings (SSSR count). The Labute approximate surface area is 143 Å². The summed E-state index contributed by atoms with van der Waals surface area (Å²) in [5.74, 6) is -0.0289. The molecule has 1 fully saturated rings. The molecule has 2 heterocycles. The highest BCUT2D eigenvalue weighted by Crippen LogP contribution is 2.33. The molecule has 0 aromatic carbocycles. The molecule has 1 aromatic rings. The van der Waals surface area contributed by atoms with E-state index in [1.54, 1.807) is 17.3 Å². The largest absolute Gasteiger partial charge is 0.444 e. The van der Waals surface area contributed by atoms with Crippen LogP contribution in [0.25, 0.3) is 0 Å². The van der Waals surface area contributed by atoms with E-state index in [1.165, 1.54) is 0 Å². The summed E-state index contributed by atoms with van der Waals surface area (Å²) in [6.07, 6.45) is 4.29. The van der Waals surface area contributed by atoms with E-state index in [4.69, 9.17) is 4.74 Å². The van der Waals surface area contributed by atoms with Crippen LogP contribution in [0.5, 0.6) is 0 Å². The molecule has 1 aliphatic heterocycles. The van der Waals surface area contributed by atoms with Gasteiger partial charge in [-0.2, -0.15) is 0 Å². The molecule has 0 aliphatic carbocycles. The van der Waals surface area contributed by atoms with Crippen molar-refractivity contribution < 1.29 is 14.3 Å². The number of aryl methyl sites for hydroxylation is 1. The highest BCUT2D eigenvalue weighted by atomic mass is 16.6. The van der Waals surface area contributed by atoms with E-state index in [1.807, 2.05) is 40.7 Å². The third kappa shape index (κ3) is 4.69. The number of carbonyl (C=O) groups is 2. The smallest absolute Gasteiger partial charge is 0.410 e. The second-order valence-electron chi connectivity index (χ2n) is 7.73. The number of hydrogen-bond donors (Lipinski definition) is 1. The van der Waals surface area contributed by atoms with Gasteiger partial charge in [-0.05, 0) is 52.2 Å². The SMILES string of the molecule is Cc1cncc(NC(=O)C2(C)CCN(C(=O)OC(C)(C)C)CC2)c1. The summed E-state index contributed by atoms with van der Waals surface area (Å²) in [6.45, 7) is 10.5. The first-order chi connectivity index (χ1) is 11.1. The standard InChI is InChI=1S/C18H27N3O3/c1-13-10-14(12-19-11-13)20-15(22)18(5)6-8-21(9-7-18)16(23)24-17(2,3)4/h10-12H,6-9H2,1-5H3,(H,20,22). The lowest BCUT2D eigenvalue weighted by atomic mass is 9.79. The maximum absolute atomic E-state index is 12.6. The molecule has 0 bridgehead atoms. The van der Waals surface area contributed by atoms with Crippen LogP contribution in [0.4, 0.5) is 10.5 Å². The van der Waals surface area contributed by atoms with Crippen molar-refractivity contribution in [2.45, 2.75) is 53.1 Å². The highest BCUT2D eigenvalue weighted by molar-refractivity contribution is 5.95. The Bertz CT molecular complexity index is 614. The fourth-order valence-corrected chi connectivity index (χ4v) is 2.64. The second-order valence-corrected chi connectivity index (χ2v) is 7.73. The molecule has 1 aromatic heterocycles.